The fraction of sp³-hybridized carbons (Fsp3) is 0.417. The molecule has 14 heavy (non-hydrogen) atoms. The van der Waals surface area contributed by atoms with Gasteiger partial charge in [0.1, 0.15) is 0 Å². The van der Waals surface area contributed by atoms with Gasteiger partial charge < -0.3 is 4.90 Å². The Labute approximate surface area is 86.6 Å². The standard InChI is InChI=1S/C12H19NO/c1-6-12(11(4)10(2)3)7-8-13(5)9-14/h6-10H,4H2,1-3,5H3/b8-7+,12-6-. The summed E-state index contributed by atoms with van der Waals surface area (Å²) in [5, 5.41) is 0. The highest BCUT2D eigenvalue weighted by atomic mass is 16.1. The van der Waals surface area contributed by atoms with Crippen LogP contribution in [-0.2, 0) is 4.79 Å². The topological polar surface area (TPSA) is 20.3 Å². The molecule has 2 nitrogen and oxygen atoms in total. The molecule has 0 aliphatic carbocycles. The van der Waals surface area contributed by atoms with E-state index in [1.807, 2.05) is 19.1 Å². The molecule has 0 saturated carbocycles. The molecular weight excluding hydrogens is 174 g/mol. The summed E-state index contributed by atoms with van der Waals surface area (Å²) in [5.41, 5.74) is 2.16. The summed E-state index contributed by atoms with van der Waals surface area (Å²) in [6, 6.07) is 0. The molecule has 2 heteroatoms. The Balaban J connectivity index is 4.54. The van der Waals surface area contributed by atoms with E-state index in [1.165, 1.54) is 4.90 Å². The van der Waals surface area contributed by atoms with Gasteiger partial charge in [-0.1, -0.05) is 26.5 Å². The molecule has 0 bridgehead atoms. The van der Waals surface area contributed by atoms with Crippen LogP contribution in [0.15, 0.2) is 36.1 Å². The normalized spacial score (nSPS) is 12.2. The number of amides is 1. The van der Waals surface area contributed by atoms with E-state index in [1.54, 1.807) is 13.2 Å². The molecule has 0 aromatic heterocycles. The van der Waals surface area contributed by atoms with Gasteiger partial charge in [0.15, 0.2) is 0 Å². The van der Waals surface area contributed by atoms with Crippen LogP contribution < -0.4 is 0 Å². The van der Waals surface area contributed by atoms with Gasteiger partial charge in [-0.05, 0) is 30.1 Å². The van der Waals surface area contributed by atoms with Crippen molar-refractivity contribution in [2.45, 2.75) is 20.8 Å². The third-order valence-corrected chi connectivity index (χ3v) is 2.03. The van der Waals surface area contributed by atoms with Gasteiger partial charge >= 0.3 is 0 Å². The van der Waals surface area contributed by atoms with Crippen LogP contribution in [-0.4, -0.2) is 18.4 Å². The lowest BCUT2D eigenvalue weighted by atomic mass is 9.97. The van der Waals surface area contributed by atoms with Crippen LogP contribution in [0.3, 0.4) is 0 Å². The van der Waals surface area contributed by atoms with Gasteiger partial charge in [0.25, 0.3) is 0 Å². The first-order valence-electron chi connectivity index (χ1n) is 4.73. The highest BCUT2D eigenvalue weighted by Gasteiger charge is 2.02. The van der Waals surface area contributed by atoms with Crippen molar-refractivity contribution in [3.63, 3.8) is 0 Å². The zero-order chi connectivity index (χ0) is 11.1. The lowest BCUT2D eigenvalue weighted by molar-refractivity contribution is -0.114. The van der Waals surface area contributed by atoms with Crippen molar-refractivity contribution in [1.82, 2.24) is 4.90 Å². The van der Waals surface area contributed by atoms with Crippen LogP contribution in [0.1, 0.15) is 20.8 Å². The van der Waals surface area contributed by atoms with Crippen molar-refractivity contribution in [2.24, 2.45) is 5.92 Å². The summed E-state index contributed by atoms with van der Waals surface area (Å²) in [5.74, 6) is 0.424. The maximum absolute atomic E-state index is 10.3. The second-order valence-corrected chi connectivity index (χ2v) is 3.51. The molecular formula is C12H19NO. The van der Waals surface area contributed by atoms with Crippen LogP contribution in [0.2, 0.25) is 0 Å². The Hall–Kier alpha value is -1.31. The van der Waals surface area contributed by atoms with E-state index in [2.05, 4.69) is 20.4 Å². The third kappa shape index (κ3) is 4.08. The molecule has 0 unspecified atom stereocenters. The molecule has 1 amide bonds. The summed E-state index contributed by atoms with van der Waals surface area (Å²) in [6.07, 6.45) is 6.39. The van der Waals surface area contributed by atoms with Crippen LogP contribution >= 0.6 is 0 Å². The Bertz CT molecular complexity index is 261. The average molecular weight is 193 g/mol. The van der Waals surface area contributed by atoms with Gasteiger partial charge in [0, 0.05) is 13.2 Å². The van der Waals surface area contributed by atoms with E-state index in [9.17, 15) is 4.79 Å². The summed E-state index contributed by atoms with van der Waals surface area (Å²) in [4.78, 5) is 11.8. The molecule has 0 saturated heterocycles. The van der Waals surface area contributed by atoms with Crippen molar-refractivity contribution in [2.75, 3.05) is 7.05 Å². The molecule has 0 rings (SSSR count). The molecule has 0 spiro atoms. The molecule has 0 N–H and O–H groups in total. The quantitative estimate of drug-likeness (QED) is 0.485. The zero-order valence-electron chi connectivity index (χ0n) is 9.45. The summed E-state index contributed by atoms with van der Waals surface area (Å²) in [6.45, 7) is 10.2. The van der Waals surface area contributed by atoms with E-state index in [0.29, 0.717) is 5.92 Å². The molecule has 0 fully saturated rings. The van der Waals surface area contributed by atoms with Crippen molar-refractivity contribution < 1.29 is 4.79 Å². The molecule has 0 aromatic rings. The van der Waals surface area contributed by atoms with Crippen LogP contribution in [0.4, 0.5) is 0 Å². The van der Waals surface area contributed by atoms with E-state index in [-0.39, 0.29) is 0 Å². The van der Waals surface area contributed by atoms with Crippen LogP contribution in [0.5, 0.6) is 0 Å². The minimum Gasteiger partial charge on any atom is -0.325 e. The van der Waals surface area contributed by atoms with Crippen molar-refractivity contribution in [3.8, 4) is 0 Å². The summed E-state index contributed by atoms with van der Waals surface area (Å²) < 4.78 is 0. The van der Waals surface area contributed by atoms with Gasteiger partial charge in [-0.2, -0.15) is 0 Å². The monoisotopic (exact) mass is 193 g/mol. The van der Waals surface area contributed by atoms with Crippen molar-refractivity contribution in [1.29, 1.82) is 0 Å². The molecule has 0 radical (unpaired) electrons. The average Bonchev–Trinajstić information content (AvgIpc) is 2.17. The summed E-state index contributed by atoms with van der Waals surface area (Å²) >= 11 is 0. The molecule has 0 aliphatic heterocycles. The Kier molecular flexibility index (Phi) is 5.61. The SMILES string of the molecule is C=C(C(=C\C)/C=C/N(C)C=O)C(C)C. The van der Waals surface area contributed by atoms with Crippen LogP contribution in [0, 0.1) is 5.92 Å². The predicted molar refractivity (Wildman–Crippen MR) is 60.7 cm³/mol. The lowest BCUT2D eigenvalue weighted by Gasteiger charge is -2.11. The predicted octanol–water partition coefficient (Wildman–Crippen LogP) is 2.75. The fourth-order valence-corrected chi connectivity index (χ4v) is 0.955. The third-order valence-electron chi connectivity index (χ3n) is 2.03. The van der Waals surface area contributed by atoms with Gasteiger partial charge in [0.05, 0.1) is 0 Å². The maximum Gasteiger partial charge on any atom is 0.213 e. The smallest absolute Gasteiger partial charge is 0.213 e. The number of hydrogen-bond donors (Lipinski definition) is 0. The molecule has 0 heterocycles. The van der Waals surface area contributed by atoms with Gasteiger partial charge in [-0.25, -0.2) is 0 Å². The molecule has 0 aliphatic rings. The highest BCUT2D eigenvalue weighted by molar-refractivity contribution is 5.49. The van der Waals surface area contributed by atoms with Crippen molar-refractivity contribution in [3.05, 3.63) is 36.1 Å². The lowest BCUT2D eigenvalue weighted by Crippen LogP contribution is -2.06. The van der Waals surface area contributed by atoms with E-state index in [4.69, 9.17) is 0 Å². The Morgan fingerprint density at radius 3 is 2.36 bits per heavy atom. The van der Waals surface area contributed by atoms with E-state index in [0.717, 1.165) is 17.6 Å². The molecule has 0 aromatic carbocycles. The zero-order valence-corrected chi connectivity index (χ0v) is 9.45. The summed E-state index contributed by atoms with van der Waals surface area (Å²) in [7, 11) is 1.70. The number of carbonyl (C=O) groups is 1. The van der Waals surface area contributed by atoms with Crippen LogP contribution in [0.25, 0.3) is 0 Å². The first kappa shape index (κ1) is 12.7. The minimum absolute atomic E-state index is 0.424. The van der Waals surface area contributed by atoms with Gasteiger partial charge in [-0.3, -0.25) is 4.79 Å². The minimum atomic E-state index is 0.424. The number of rotatable bonds is 5. The largest absolute Gasteiger partial charge is 0.325 e. The second-order valence-electron chi connectivity index (χ2n) is 3.51. The second kappa shape index (κ2) is 6.19. The number of nitrogens with zero attached hydrogens (tertiary/aromatic N) is 1. The van der Waals surface area contributed by atoms with Gasteiger partial charge in [-0.15, -0.1) is 0 Å². The Morgan fingerprint density at radius 2 is 2.00 bits per heavy atom. The van der Waals surface area contributed by atoms with Gasteiger partial charge in [0.2, 0.25) is 6.41 Å². The molecule has 78 valence electrons. The molecule has 0 atom stereocenters. The number of allylic oxidation sites excluding steroid dienone is 4. The highest BCUT2D eigenvalue weighted by Crippen LogP contribution is 2.18. The Morgan fingerprint density at radius 1 is 1.43 bits per heavy atom. The first-order chi connectivity index (χ1) is 6.52. The number of hydrogen-bond acceptors (Lipinski definition) is 1. The van der Waals surface area contributed by atoms with E-state index >= 15 is 0 Å². The number of carbonyl (C=O) groups excluding carboxylic acids is 1. The van der Waals surface area contributed by atoms with Crippen molar-refractivity contribution >= 4 is 6.41 Å². The fourth-order valence-electron chi connectivity index (χ4n) is 0.955. The maximum atomic E-state index is 10.3. The first-order valence-corrected chi connectivity index (χ1v) is 4.73. The van der Waals surface area contributed by atoms with E-state index < -0.39 is 0 Å².